The van der Waals surface area contributed by atoms with Crippen LogP contribution in [0.5, 0.6) is 0 Å². The third-order valence-electron chi connectivity index (χ3n) is 2.68. The molecule has 0 saturated heterocycles. The second kappa shape index (κ2) is 3.92. The fourth-order valence-electron chi connectivity index (χ4n) is 1.53. The highest BCUT2D eigenvalue weighted by Gasteiger charge is 2.57. The summed E-state index contributed by atoms with van der Waals surface area (Å²) in [6.07, 6.45) is 4.24. The van der Waals surface area contributed by atoms with Crippen LogP contribution in [0.2, 0.25) is 0 Å². The molecule has 1 saturated carbocycles. The van der Waals surface area contributed by atoms with Crippen LogP contribution in [0.15, 0.2) is 24.5 Å². The summed E-state index contributed by atoms with van der Waals surface area (Å²) in [5.74, 6) is -0.777. The summed E-state index contributed by atoms with van der Waals surface area (Å²) in [6, 6.07) is 3.44. The van der Waals surface area contributed by atoms with E-state index in [2.05, 4.69) is 15.0 Å². The molecule has 0 aromatic carbocycles. The lowest BCUT2D eigenvalue weighted by atomic mass is 10.1. The predicted octanol–water partition coefficient (Wildman–Crippen LogP) is 0.973. The molecule has 0 spiro atoms. The zero-order chi connectivity index (χ0) is 11.6. The smallest absolute Gasteiger partial charge is 0.321 e. The molecule has 5 nitrogen and oxygen atoms in total. The summed E-state index contributed by atoms with van der Waals surface area (Å²) in [7, 11) is 1.29. The number of ether oxygens (including phenoxy) is 1. The molecule has 1 N–H and O–H groups in total. The monoisotopic (exact) mass is 220 g/mol. The van der Waals surface area contributed by atoms with E-state index in [1.165, 1.54) is 13.3 Å². The van der Waals surface area contributed by atoms with Crippen molar-refractivity contribution in [3.8, 4) is 0 Å². The van der Waals surface area contributed by atoms with E-state index in [1.54, 1.807) is 18.3 Å². The van der Waals surface area contributed by atoms with Crippen LogP contribution < -0.4 is 5.32 Å². The van der Waals surface area contributed by atoms with Gasteiger partial charge in [-0.2, -0.15) is 0 Å². The highest BCUT2D eigenvalue weighted by Crippen LogP contribution is 2.47. The van der Waals surface area contributed by atoms with Gasteiger partial charge in [0.2, 0.25) is 5.91 Å². The molecule has 0 atom stereocenters. The molecule has 1 aliphatic rings. The maximum Gasteiger partial charge on any atom is 0.321 e. The number of anilines is 1. The Morgan fingerprint density at radius 3 is 2.75 bits per heavy atom. The van der Waals surface area contributed by atoms with Crippen LogP contribution in [0, 0.1) is 5.41 Å². The number of nitrogens with zero attached hydrogens (tertiary/aromatic N) is 1. The molecule has 1 aromatic rings. The summed E-state index contributed by atoms with van der Waals surface area (Å²) in [6.45, 7) is 0. The van der Waals surface area contributed by atoms with E-state index in [-0.39, 0.29) is 5.91 Å². The average molecular weight is 220 g/mol. The summed E-state index contributed by atoms with van der Waals surface area (Å²) >= 11 is 0. The normalized spacial score (nSPS) is 16.3. The van der Waals surface area contributed by atoms with Crippen molar-refractivity contribution in [3.63, 3.8) is 0 Å². The quantitative estimate of drug-likeness (QED) is 0.608. The maximum atomic E-state index is 11.9. The summed E-state index contributed by atoms with van der Waals surface area (Å²) < 4.78 is 4.62. The molecule has 2 rings (SSSR count). The molecule has 0 unspecified atom stereocenters. The third kappa shape index (κ3) is 1.76. The first kappa shape index (κ1) is 10.6. The first-order chi connectivity index (χ1) is 7.69. The van der Waals surface area contributed by atoms with E-state index in [1.807, 2.05) is 0 Å². The van der Waals surface area contributed by atoms with Crippen molar-refractivity contribution < 1.29 is 14.3 Å². The maximum absolute atomic E-state index is 11.9. The summed E-state index contributed by atoms with van der Waals surface area (Å²) in [5, 5.41) is 2.66. The molecule has 1 aromatic heterocycles. The number of amides is 1. The van der Waals surface area contributed by atoms with Gasteiger partial charge >= 0.3 is 5.97 Å². The lowest BCUT2D eigenvalue weighted by Gasteiger charge is -2.12. The zero-order valence-corrected chi connectivity index (χ0v) is 8.90. The molecule has 0 radical (unpaired) electrons. The second-order valence-corrected chi connectivity index (χ2v) is 3.77. The van der Waals surface area contributed by atoms with Crippen LogP contribution in [0.25, 0.3) is 0 Å². The molecular weight excluding hydrogens is 208 g/mol. The molecule has 1 amide bonds. The Morgan fingerprint density at radius 2 is 2.25 bits per heavy atom. The van der Waals surface area contributed by atoms with Crippen molar-refractivity contribution in [1.82, 2.24) is 4.98 Å². The fraction of sp³-hybridized carbons (Fsp3) is 0.364. The largest absolute Gasteiger partial charge is 0.468 e. The SMILES string of the molecule is COC(=O)C1(C(=O)Nc2cccnc2)CC1. The van der Waals surface area contributed by atoms with Gasteiger partial charge < -0.3 is 10.1 Å². The number of carbonyl (C=O) groups excluding carboxylic acids is 2. The topological polar surface area (TPSA) is 68.3 Å². The molecule has 16 heavy (non-hydrogen) atoms. The Bertz CT molecular complexity index is 412. The minimum absolute atomic E-state index is 0.313. The lowest BCUT2D eigenvalue weighted by molar-refractivity contribution is -0.150. The van der Waals surface area contributed by atoms with E-state index >= 15 is 0 Å². The van der Waals surface area contributed by atoms with Crippen LogP contribution >= 0.6 is 0 Å². The highest BCUT2D eigenvalue weighted by atomic mass is 16.5. The van der Waals surface area contributed by atoms with Gasteiger partial charge in [-0.05, 0) is 25.0 Å². The van der Waals surface area contributed by atoms with Crippen LogP contribution in [-0.2, 0) is 14.3 Å². The van der Waals surface area contributed by atoms with Crippen molar-refractivity contribution in [2.75, 3.05) is 12.4 Å². The van der Waals surface area contributed by atoms with Crippen molar-refractivity contribution in [2.45, 2.75) is 12.8 Å². The number of carbonyl (C=O) groups is 2. The number of hydrogen-bond acceptors (Lipinski definition) is 4. The number of hydrogen-bond donors (Lipinski definition) is 1. The Hall–Kier alpha value is -1.91. The fourth-order valence-corrected chi connectivity index (χ4v) is 1.53. The number of rotatable bonds is 3. The molecule has 0 bridgehead atoms. The van der Waals surface area contributed by atoms with Crippen LogP contribution in [0.3, 0.4) is 0 Å². The second-order valence-electron chi connectivity index (χ2n) is 3.77. The van der Waals surface area contributed by atoms with Gasteiger partial charge in [0, 0.05) is 6.20 Å². The Labute approximate surface area is 92.8 Å². The number of aromatic nitrogens is 1. The van der Waals surface area contributed by atoms with Gasteiger partial charge in [0.1, 0.15) is 5.41 Å². The van der Waals surface area contributed by atoms with Gasteiger partial charge in [0.15, 0.2) is 0 Å². The number of pyridine rings is 1. The predicted molar refractivity (Wildman–Crippen MR) is 56.5 cm³/mol. The van der Waals surface area contributed by atoms with E-state index < -0.39 is 11.4 Å². The van der Waals surface area contributed by atoms with E-state index in [4.69, 9.17) is 0 Å². The van der Waals surface area contributed by atoms with Gasteiger partial charge in [-0.1, -0.05) is 0 Å². The van der Waals surface area contributed by atoms with Crippen molar-refractivity contribution >= 4 is 17.6 Å². The molecule has 84 valence electrons. The van der Waals surface area contributed by atoms with E-state index in [0.29, 0.717) is 18.5 Å². The van der Waals surface area contributed by atoms with Crippen molar-refractivity contribution in [1.29, 1.82) is 0 Å². The lowest BCUT2D eigenvalue weighted by Crippen LogP contribution is -2.32. The molecule has 1 heterocycles. The van der Waals surface area contributed by atoms with Gasteiger partial charge in [-0.3, -0.25) is 14.6 Å². The molecule has 1 aliphatic carbocycles. The summed E-state index contributed by atoms with van der Waals surface area (Å²) in [5.41, 5.74) is -0.382. The first-order valence-electron chi connectivity index (χ1n) is 4.99. The average Bonchev–Trinajstić information content (AvgIpc) is 3.10. The van der Waals surface area contributed by atoms with Gasteiger partial charge in [0.25, 0.3) is 0 Å². The minimum atomic E-state index is -0.968. The summed E-state index contributed by atoms with van der Waals surface area (Å²) in [4.78, 5) is 27.2. The van der Waals surface area contributed by atoms with E-state index in [9.17, 15) is 9.59 Å². The number of esters is 1. The number of methoxy groups -OCH3 is 1. The van der Waals surface area contributed by atoms with Gasteiger partial charge in [-0.25, -0.2) is 0 Å². The molecule has 1 fully saturated rings. The van der Waals surface area contributed by atoms with Gasteiger partial charge in [-0.15, -0.1) is 0 Å². The first-order valence-corrected chi connectivity index (χ1v) is 4.99. The Morgan fingerprint density at radius 1 is 1.50 bits per heavy atom. The molecule has 5 heteroatoms. The van der Waals surface area contributed by atoms with Crippen LogP contribution in [0.4, 0.5) is 5.69 Å². The standard InChI is InChI=1S/C11H12N2O3/c1-16-10(15)11(4-5-11)9(14)13-8-3-2-6-12-7-8/h2-3,6-7H,4-5H2,1H3,(H,13,14). The Balaban J connectivity index is 2.07. The Kier molecular flexibility index (Phi) is 2.60. The van der Waals surface area contributed by atoms with Gasteiger partial charge in [0.05, 0.1) is 19.0 Å². The van der Waals surface area contributed by atoms with Crippen molar-refractivity contribution in [2.24, 2.45) is 5.41 Å². The molecule has 0 aliphatic heterocycles. The minimum Gasteiger partial charge on any atom is -0.468 e. The van der Waals surface area contributed by atoms with Crippen LogP contribution in [0.1, 0.15) is 12.8 Å². The highest BCUT2D eigenvalue weighted by molar-refractivity contribution is 6.11. The molecular formula is C11H12N2O3. The zero-order valence-electron chi connectivity index (χ0n) is 8.90. The number of nitrogens with one attached hydrogen (secondary N) is 1. The van der Waals surface area contributed by atoms with Crippen LogP contribution in [-0.4, -0.2) is 24.0 Å². The third-order valence-corrected chi connectivity index (χ3v) is 2.68. The van der Waals surface area contributed by atoms with Crippen molar-refractivity contribution in [3.05, 3.63) is 24.5 Å². The van der Waals surface area contributed by atoms with E-state index in [0.717, 1.165) is 0 Å².